The summed E-state index contributed by atoms with van der Waals surface area (Å²) in [6, 6.07) is 3.85. The van der Waals surface area contributed by atoms with Gasteiger partial charge in [-0.2, -0.15) is 4.31 Å². The van der Waals surface area contributed by atoms with Gasteiger partial charge in [0.15, 0.2) is 0 Å². The molecule has 4 rings (SSSR count). The molecule has 1 aliphatic heterocycles. The molecule has 1 saturated heterocycles. The molecule has 8 heteroatoms. The van der Waals surface area contributed by atoms with Gasteiger partial charge in [-0.1, -0.05) is 6.42 Å². The van der Waals surface area contributed by atoms with Gasteiger partial charge in [-0.3, -0.25) is 4.79 Å². The van der Waals surface area contributed by atoms with Crippen molar-refractivity contribution in [3.05, 3.63) is 29.6 Å². The van der Waals surface area contributed by atoms with E-state index in [1.54, 1.807) is 6.92 Å². The summed E-state index contributed by atoms with van der Waals surface area (Å²) < 4.78 is 46.3. The lowest BCUT2D eigenvalue weighted by Crippen LogP contribution is -2.37. The molecule has 0 spiro atoms. The van der Waals surface area contributed by atoms with Gasteiger partial charge in [0.25, 0.3) is 10.0 Å². The Morgan fingerprint density at radius 2 is 2.20 bits per heavy atom. The highest BCUT2D eigenvalue weighted by molar-refractivity contribution is 7.89. The molecule has 25 heavy (non-hydrogen) atoms. The van der Waals surface area contributed by atoms with Crippen molar-refractivity contribution in [1.29, 1.82) is 0 Å². The average Bonchev–Trinajstić information content (AvgIpc) is 3.19. The largest absolute Gasteiger partial charge is 0.481 e. The Kier molecular flexibility index (Phi) is 3.49. The minimum Gasteiger partial charge on any atom is -0.481 e. The fraction of sp³-hybridized carbons (Fsp3) is 0.471. The van der Waals surface area contributed by atoms with Crippen molar-refractivity contribution in [2.45, 2.75) is 31.3 Å². The zero-order valence-corrected chi connectivity index (χ0v) is 14.5. The number of aryl methyl sites for hydroxylation is 1. The first-order valence-corrected chi connectivity index (χ1v) is 9.62. The maximum atomic E-state index is 13.5. The number of hydrogen-bond donors (Lipinski definition) is 1. The molecule has 1 aromatic heterocycles. The lowest BCUT2D eigenvalue weighted by atomic mass is 9.81. The van der Waals surface area contributed by atoms with Gasteiger partial charge in [-0.05, 0) is 43.9 Å². The van der Waals surface area contributed by atoms with Gasteiger partial charge in [0.1, 0.15) is 11.4 Å². The third-order valence-electron chi connectivity index (χ3n) is 5.69. The van der Waals surface area contributed by atoms with Crippen molar-refractivity contribution in [1.82, 2.24) is 4.31 Å². The number of carboxylic acids is 1. The summed E-state index contributed by atoms with van der Waals surface area (Å²) in [5.41, 5.74) is -0.361. The first kappa shape index (κ1) is 16.5. The molecule has 1 saturated carbocycles. The highest BCUT2D eigenvalue weighted by atomic mass is 32.2. The summed E-state index contributed by atoms with van der Waals surface area (Å²) in [6.07, 6.45) is 2.00. The highest BCUT2D eigenvalue weighted by Gasteiger charge is 2.57. The summed E-state index contributed by atoms with van der Waals surface area (Å²) in [5.74, 6) is -1.58. The molecule has 1 N–H and O–H groups in total. The van der Waals surface area contributed by atoms with Gasteiger partial charge in [0, 0.05) is 24.0 Å². The Labute approximate surface area is 144 Å². The van der Waals surface area contributed by atoms with Crippen molar-refractivity contribution in [3.63, 3.8) is 0 Å². The average molecular weight is 367 g/mol. The van der Waals surface area contributed by atoms with Crippen molar-refractivity contribution in [2.24, 2.45) is 11.3 Å². The van der Waals surface area contributed by atoms with Crippen LogP contribution in [0.25, 0.3) is 11.0 Å². The number of benzene rings is 1. The van der Waals surface area contributed by atoms with Crippen LogP contribution in [-0.2, 0) is 14.8 Å². The molecule has 6 nitrogen and oxygen atoms in total. The molecule has 0 radical (unpaired) electrons. The van der Waals surface area contributed by atoms with Crippen LogP contribution in [0.2, 0.25) is 0 Å². The molecule has 2 heterocycles. The number of carboxylic acid groups (broad SMARTS) is 1. The number of carbonyl (C=O) groups is 1. The Morgan fingerprint density at radius 1 is 1.44 bits per heavy atom. The predicted octanol–water partition coefficient (Wildman–Crippen LogP) is 2.76. The molecule has 2 atom stereocenters. The fourth-order valence-electron chi connectivity index (χ4n) is 4.31. The van der Waals surface area contributed by atoms with Crippen LogP contribution in [0.3, 0.4) is 0 Å². The van der Waals surface area contributed by atoms with Crippen LogP contribution in [-0.4, -0.2) is 36.9 Å². The van der Waals surface area contributed by atoms with Crippen LogP contribution < -0.4 is 0 Å². The number of nitrogens with zero attached hydrogens (tertiary/aromatic N) is 1. The van der Waals surface area contributed by atoms with Crippen LogP contribution >= 0.6 is 0 Å². The van der Waals surface area contributed by atoms with Crippen LogP contribution in [0, 0.1) is 24.1 Å². The smallest absolute Gasteiger partial charge is 0.311 e. The third kappa shape index (κ3) is 2.23. The molecular formula is C17H18FNO5S. The second kappa shape index (κ2) is 5.28. The van der Waals surface area contributed by atoms with Crippen LogP contribution in [0.1, 0.15) is 24.8 Å². The lowest BCUT2D eigenvalue weighted by molar-refractivity contribution is -0.149. The number of aliphatic carboxylic acids is 1. The second-order valence-corrected chi connectivity index (χ2v) is 8.84. The fourth-order valence-corrected chi connectivity index (χ4v) is 6.01. The van der Waals surface area contributed by atoms with E-state index in [2.05, 4.69) is 0 Å². The quantitative estimate of drug-likeness (QED) is 0.901. The number of rotatable bonds is 3. The van der Waals surface area contributed by atoms with E-state index in [9.17, 15) is 22.7 Å². The second-order valence-electron chi connectivity index (χ2n) is 7.00. The van der Waals surface area contributed by atoms with Gasteiger partial charge >= 0.3 is 5.97 Å². The van der Waals surface area contributed by atoms with Gasteiger partial charge in [-0.25, -0.2) is 12.8 Å². The van der Waals surface area contributed by atoms with E-state index in [0.29, 0.717) is 29.4 Å². The van der Waals surface area contributed by atoms with Gasteiger partial charge in [0.05, 0.1) is 5.41 Å². The molecule has 0 bridgehead atoms. The van der Waals surface area contributed by atoms with Crippen molar-refractivity contribution in [2.75, 3.05) is 13.1 Å². The van der Waals surface area contributed by atoms with Crippen molar-refractivity contribution >= 4 is 27.0 Å². The summed E-state index contributed by atoms with van der Waals surface area (Å²) in [4.78, 5) is 11.8. The predicted molar refractivity (Wildman–Crippen MR) is 87.1 cm³/mol. The van der Waals surface area contributed by atoms with E-state index in [1.165, 1.54) is 22.5 Å². The summed E-state index contributed by atoms with van der Waals surface area (Å²) in [6.45, 7) is 1.71. The monoisotopic (exact) mass is 367 g/mol. The number of hydrogen-bond acceptors (Lipinski definition) is 4. The van der Waals surface area contributed by atoms with Crippen molar-refractivity contribution in [3.8, 4) is 0 Å². The summed E-state index contributed by atoms with van der Waals surface area (Å²) >= 11 is 0. The van der Waals surface area contributed by atoms with E-state index in [-0.39, 0.29) is 24.1 Å². The normalized spacial score (nSPS) is 27.0. The minimum absolute atomic E-state index is 0.0415. The van der Waals surface area contributed by atoms with Crippen LogP contribution in [0.15, 0.2) is 27.7 Å². The zero-order chi connectivity index (χ0) is 18.0. The maximum absolute atomic E-state index is 13.5. The first-order valence-electron chi connectivity index (χ1n) is 8.18. The minimum atomic E-state index is -3.98. The standard InChI is InChI=1S/C17H18FNO5S/c1-10-13-7-12(18)4-5-14(13)24-15(10)25(22,23)19-8-11-3-2-6-17(11,9-19)16(20)21/h4-5,7,11H,2-3,6,8-9H2,1H3,(H,20,21)/t11-,17+/m0/s1. The van der Waals surface area contributed by atoms with Crippen LogP contribution in [0.5, 0.6) is 0 Å². The summed E-state index contributed by atoms with van der Waals surface area (Å²) in [7, 11) is -3.98. The van der Waals surface area contributed by atoms with E-state index in [0.717, 1.165) is 6.42 Å². The lowest BCUT2D eigenvalue weighted by Gasteiger charge is -2.23. The van der Waals surface area contributed by atoms with Gasteiger partial charge in [0.2, 0.25) is 5.09 Å². The third-order valence-corrected chi connectivity index (χ3v) is 7.51. The van der Waals surface area contributed by atoms with E-state index >= 15 is 0 Å². The Balaban J connectivity index is 1.76. The number of sulfonamides is 1. The number of fused-ring (bicyclic) bond motifs is 2. The molecule has 1 aliphatic carbocycles. The molecule has 2 aromatic rings. The van der Waals surface area contributed by atoms with Gasteiger partial charge in [-0.15, -0.1) is 0 Å². The van der Waals surface area contributed by atoms with E-state index in [4.69, 9.17) is 4.42 Å². The SMILES string of the molecule is Cc1c(S(=O)(=O)N2C[C@@H]3CCC[C@@]3(C(=O)O)C2)oc2ccc(F)cc12. The molecule has 1 aromatic carbocycles. The molecule has 2 fully saturated rings. The Bertz CT molecular complexity index is 982. The highest BCUT2D eigenvalue weighted by Crippen LogP contribution is 2.50. The number of furan rings is 1. The maximum Gasteiger partial charge on any atom is 0.311 e. The van der Waals surface area contributed by atoms with Gasteiger partial charge < -0.3 is 9.52 Å². The van der Waals surface area contributed by atoms with E-state index in [1.807, 2.05) is 0 Å². The van der Waals surface area contributed by atoms with E-state index < -0.39 is 27.2 Å². The Morgan fingerprint density at radius 3 is 2.88 bits per heavy atom. The zero-order valence-electron chi connectivity index (χ0n) is 13.7. The topological polar surface area (TPSA) is 87.8 Å². The molecule has 2 aliphatic rings. The summed E-state index contributed by atoms with van der Waals surface area (Å²) in [5, 5.41) is 9.82. The Hall–Kier alpha value is -1.93. The molecular weight excluding hydrogens is 349 g/mol. The van der Waals surface area contributed by atoms with Crippen LogP contribution in [0.4, 0.5) is 4.39 Å². The van der Waals surface area contributed by atoms with Crippen molar-refractivity contribution < 1.29 is 27.1 Å². The number of halogens is 1. The molecule has 0 amide bonds. The molecule has 0 unspecified atom stereocenters. The molecule has 134 valence electrons. The first-order chi connectivity index (χ1) is 11.8.